The maximum atomic E-state index is 12.8. The Balaban J connectivity index is 1.30. The van der Waals surface area contributed by atoms with Crippen molar-refractivity contribution in [2.75, 3.05) is 26.2 Å². The molecule has 0 saturated carbocycles. The number of thiophene rings is 1. The Morgan fingerprint density at radius 2 is 2.00 bits per heavy atom. The summed E-state index contributed by atoms with van der Waals surface area (Å²) in [6.07, 6.45) is 0.573. The quantitative estimate of drug-likeness (QED) is 0.554. The molecule has 0 radical (unpaired) electrons. The van der Waals surface area contributed by atoms with Crippen molar-refractivity contribution in [2.24, 2.45) is 0 Å². The number of aryl methyl sites for hydroxylation is 1. The summed E-state index contributed by atoms with van der Waals surface area (Å²) in [5.41, 5.74) is 0.887. The highest BCUT2D eigenvalue weighted by molar-refractivity contribution is 7.89. The van der Waals surface area contributed by atoms with Crippen LogP contribution in [0.4, 0.5) is 0 Å². The van der Waals surface area contributed by atoms with E-state index in [2.05, 4.69) is 10.1 Å². The number of piperazine rings is 1. The third kappa shape index (κ3) is 4.56. The van der Waals surface area contributed by atoms with E-state index >= 15 is 0 Å². The van der Waals surface area contributed by atoms with Gasteiger partial charge in [-0.1, -0.05) is 22.8 Å². The predicted molar refractivity (Wildman–Crippen MR) is 113 cm³/mol. The van der Waals surface area contributed by atoms with Crippen LogP contribution in [-0.4, -0.2) is 59.8 Å². The van der Waals surface area contributed by atoms with Gasteiger partial charge in [0.25, 0.3) is 0 Å². The first kappa shape index (κ1) is 21.0. The molecule has 1 amide bonds. The summed E-state index contributed by atoms with van der Waals surface area (Å²) in [4.78, 5) is 18.7. The van der Waals surface area contributed by atoms with Crippen LogP contribution in [0.15, 0.2) is 50.5 Å². The smallest absolute Gasteiger partial charge is 0.243 e. The summed E-state index contributed by atoms with van der Waals surface area (Å²) in [6, 6.07) is 8.10. The molecule has 0 unspecified atom stereocenters. The molecule has 0 N–H and O–H groups in total. The fourth-order valence-corrected chi connectivity index (χ4v) is 5.55. The predicted octanol–water partition coefficient (Wildman–Crippen LogP) is 2.92. The van der Waals surface area contributed by atoms with E-state index in [1.54, 1.807) is 28.4 Å². The number of amides is 1. The topological polar surface area (TPSA) is 96.6 Å². The molecule has 1 saturated heterocycles. The van der Waals surface area contributed by atoms with Gasteiger partial charge in [0, 0.05) is 55.0 Å². The van der Waals surface area contributed by atoms with Gasteiger partial charge in [-0.05, 0) is 29.6 Å². The van der Waals surface area contributed by atoms with Crippen molar-refractivity contribution in [2.45, 2.75) is 17.7 Å². The number of halogens is 1. The molecule has 4 rings (SSSR count). The van der Waals surface area contributed by atoms with Gasteiger partial charge in [-0.2, -0.15) is 20.6 Å². The lowest BCUT2D eigenvalue weighted by Gasteiger charge is -2.34. The van der Waals surface area contributed by atoms with Crippen molar-refractivity contribution in [3.05, 3.63) is 52.0 Å². The molecule has 8 nitrogen and oxygen atoms in total. The van der Waals surface area contributed by atoms with Crippen LogP contribution in [0.2, 0.25) is 5.02 Å². The Hall–Kier alpha value is -2.27. The SMILES string of the molecule is O=C(CCc1nc(-c2ccsc2)no1)N1CCN(S(=O)(=O)c2cccc(Cl)c2)CC1. The van der Waals surface area contributed by atoms with E-state index in [9.17, 15) is 13.2 Å². The lowest BCUT2D eigenvalue weighted by molar-refractivity contribution is -0.132. The molecule has 158 valence electrons. The van der Waals surface area contributed by atoms with E-state index < -0.39 is 10.0 Å². The van der Waals surface area contributed by atoms with Crippen LogP contribution in [0.3, 0.4) is 0 Å². The molecule has 11 heteroatoms. The maximum Gasteiger partial charge on any atom is 0.243 e. The summed E-state index contributed by atoms with van der Waals surface area (Å²) < 4.78 is 32.1. The van der Waals surface area contributed by atoms with Gasteiger partial charge in [0.15, 0.2) is 0 Å². The summed E-state index contributed by atoms with van der Waals surface area (Å²) in [5, 5.41) is 8.16. The number of sulfonamides is 1. The molecule has 3 aromatic rings. The third-order valence-corrected chi connectivity index (χ3v) is 7.64. The average molecular weight is 467 g/mol. The number of carbonyl (C=O) groups excluding carboxylic acids is 1. The second-order valence-electron chi connectivity index (χ2n) is 6.77. The zero-order valence-corrected chi connectivity index (χ0v) is 18.3. The zero-order chi connectivity index (χ0) is 21.1. The highest BCUT2D eigenvalue weighted by atomic mass is 35.5. The molecule has 1 aliphatic heterocycles. The van der Waals surface area contributed by atoms with Crippen molar-refractivity contribution >= 4 is 38.9 Å². The minimum Gasteiger partial charge on any atom is -0.340 e. The fourth-order valence-electron chi connectivity index (χ4n) is 3.19. The second-order valence-corrected chi connectivity index (χ2v) is 9.92. The lowest BCUT2D eigenvalue weighted by Crippen LogP contribution is -2.50. The largest absolute Gasteiger partial charge is 0.340 e. The molecule has 0 aliphatic carbocycles. The molecule has 30 heavy (non-hydrogen) atoms. The fraction of sp³-hybridized carbons (Fsp3) is 0.316. The Bertz CT molecular complexity index is 1120. The number of hydrogen-bond donors (Lipinski definition) is 0. The molecule has 0 bridgehead atoms. The van der Waals surface area contributed by atoms with Crippen LogP contribution in [-0.2, 0) is 21.2 Å². The van der Waals surface area contributed by atoms with Gasteiger partial charge in [0.05, 0.1) is 4.90 Å². The maximum absolute atomic E-state index is 12.8. The zero-order valence-electron chi connectivity index (χ0n) is 15.9. The summed E-state index contributed by atoms with van der Waals surface area (Å²) in [6.45, 7) is 1.15. The highest BCUT2D eigenvalue weighted by Crippen LogP contribution is 2.22. The van der Waals surface area contributed by atoms with E-state index in [4.69, 9.17) is 16.1 Å². The molecular formula is C19H19ClN4O4S2. The van der Waals surface area contributed by atoms with Crippen LogP contribution in [0, 0.1) is 0 Å². The van der Waals surface area contributed by atoms with Gasteiger partial charge in [0.1, 0.15) is 0 Å². The van der Waals surface area contributed by atoms with Crippen LogP contribution in [0.5, 0.6) is 0 Å². The normalized spacial score (nSPS) is 15.4. The minimum atomic E-state index is -3.63. The molecule has 0 spiro atoms. The molecule has 0 atom stereocenters. The number of carbonyl (C=O) groups is 1. The van der Waals surface area contributed by atoms with Gasteiger partial charge in [0.2, 0.25) is 27.6 Å². The van der Waals surface area contributed by atoms with E-state index in [1.807, 2.05) is 16.8 Å². The van der Waals surface area contributed by atoms with Crippen LogP contribution >= 0.6 is 22.9 Å². The molecule has 1 fully saturated rings. The van der Waals surface area contributed by atoms with Crippen molar-refractivity contribution in [1.82, 2.24) is 19.3 Å². The minimum absolute atomic E-state index is 0.0647. The van der Waals surface area contributed by atoms with E-state index in [1.165, 1.54) is 16.4 Å². The highest BCUT2D eigenvalue weighted by Gasteiger charge is 2.30. The Morgan fingerprint density at radius 3 is 2.70 bits per heavy atom. The third-order valence-electron chi connectivity index (χ3n) is 4.83. The van der Waals surface area contributed by atoms with Crippen LogP contribution < -0.4 is 0 Å². The van der Waals surface area contributed by atoms with Crippen molar-refractivity contribution in [3.63, 3.8) is 0 Å². The Labute approximate surface area is 183 Å². The van der Waals surface area contributed by atoms with Gasteiger partial charge in [-0.3, -0.25) is 4.79 Å². The first-order valence-electron chi connectivity index (χ1n) is 9.32. The van der Waals surface area contributed by atoms with Gasteiger partial charge >= 0.3 is 0 Å². The molecule has 2 aromatic heterocycles. The Morgan fingerprint density at radius 1 is 1.20 bits per heavy atom. The molecule has 1 aromatic carbocycles. The van der Waals surface area contributed by atoms with Gasteiger partial charge < -0.3 is 9.42 Å². The number of nitrogens with zero attached hydrogens (tertiary/aromatic N) is 4. The number of aromatic nitrogens is 2. The van der Waals surface area contributed by atoms with Crippen LogP contribution in [0.25, 0.3) is 11.4 Å². The second kappa shape index (κ2) is 8.84. The lowest BCUT2D eigenvalue weighted by atomic mass is 10.2. The van der Waals surface area contributed by atoms with Gasteiger partial charge in [-0.15, -0.1) is 0 Å². The molecule has 1 aliphatic rings. The van der Waals surface area contributed by atoms with E-state index in [-0.39, 0.29) is 30.3 Å². The molecular weight excluding hydrogens is 448 g/mol. The van der Waals surface area contributed by atoms with E-state index in [0.717, 1.165) is 5.56 Å². The summed E-state index contributed by atoms with van der Waals surface area (Å²) >= 11 is 7.46. The van der Waals surface area contributed by atoms with Crippen molar-refractivity contribution < 1.29 is 17.7 Å². The number of benzene rings is 1. The number of rotatable bonds is 6. The standard InChI is InChI=1S/C19H19ClN4O4S2/c20-15-2-1-3-16(12-15)30(26,27)24-9-7-23(8-10-24)18(25)5-4-17-21-19(22-28-17)14-6-11-29-13-14/h1-3,6,11-13H,4-5,7-10H2. The molecule has 3 heterocycles. The summed E-state index contributed by atoms with van der Waals surface area (Å²) in [5.74, 6) is 0.857. The first-order chi connectivity index (χ1) is 14.4. The summed E-state index contributed by atoms with van der Waals surface area (Å²) in [7, 11) is -3.63. The van der Waals surface area contributed by atoms with Crippen molar-refractivity contribution in [3.8, 4) is 11.4 Å². The monoisotopic (exact) mass is 466 g/mol. The van der Waals surface area contributed by atoms with Crippen molar-refractivity contribution in [1.29, 1.82) is 0 Å². The average Bonchev–Trinajstić information content (AvgIpc) is 3.44. The van der Waals surface area contributed by atoms with Crippen LogP contribution in [0.1, 0.15) is 12.3 Å². The Kier molecular flexibility index (Phi) is 6.19. The number of hydrogen-bond acceptors (Lipinski definition) is 7. The van der Waals surface area contributed by atoms with Gasteiger partial charge in [-0.25, -0.2) is 8.42 Å². The van der Waals surface area contributed by atoms with E-state index in [0.29, 0.717) is 36.2 Å². The first-order valence-corrected chi connectivity index (χ1v) is 12.1.